The third-order valence-electron chi connectivity index (χ3n) is 5.22. The molecule has 1 unspecified atom stereocenters. The zero-order valence-electron chi connectivity index (χ0n) is 13.7. The summed E-state index contributed by atoms with van der Waals surface area (Å²) in [7, 11) is 5.97. The number of likely N-dealkylation sites (N-methyl/N-ethyl adjacent to an activating group) is 1. The predicted octanol–water partition coefficient (Wildman–Crippen LogP) is 3.06. The molecule has 1 aliphatic carbocycles. The van der Waals surface area contributed by atoms with Crippen LogP contribution in [0.15, 0.2) is 0 Å². The van der Waals surface area contributed by atoms with E-state index in [4.69, 9.17) is 4.74 Å². The summed E-state index contributed by atoms with van der Waals surface area (Å²) in [6.45, 7) is 6.50. The molecule has 1 aliphatic rings. The average Bonchev–Trinajstić information content (AvgIpc) is 2.37. The molecule has 0 amide bonds. The topological polar surface area (TPSA) is 32.7 Å². The minimum Gasteiger partial charge on any atom is -0.391 e. The first kappa shape index (κ1) is 16.9. The smallest absolute Gasteiger partial charge is 0.0724 e. The molecule has 0 spiro atoms. The van der Waals surface area contributed by atoms with Crippen LogP contribution in [0.1, 0.15) is 59.3 Å². The largest absolute Gasteiger partial charge is 0.391 e. The van der Waals surface area contributed by atoms with Crippen LogP contribution in [0, 0.1) is 5.92 Å². The van der Waals surface area contributed by atoms with Gasteiger partial charge in [0.25, 0.3) is 0 Å². The molecule has 3 heteroatoms. The van der Waals surface area contributed by atoms with Crippen LogP contribution in [-0.4, -0.2) is 48.5 Å². The number of nitrogens with zero attached hydrogens (tertiary/aromatic N) is 1. The summed E-state index contributed by atoms with van der Waals surface area (Å²) in [4.78, 5) is 2.25. The van der Waals surface area contributed by atoms with E-state index in [1.54, 1.807) is 7.11 Å². The Bertz CT molecular complexity index is 268. The molecule has 0 aromatic rings. The van der Waals surface area contributed by atoms with Crippen LogP contribution in [0.4, 0.5) is 0 Å². The second-order valence-corrected chi connectivity index (χ2v) is 7.20. The number of aliphatic hydroxyl groups is 1. The molecule has 114 valence electrons. The Balaban J connectivity index is 2.66. The van der Waals surface area contributed by atoms with Crippen molar-refractivity contribution in [1.82, 2.24) is 4.90 Å². The van der Waals surface area contributed by atoms with Gasteiger partial charge in [-0.05, 0) is 72.4 Å². The second-order valence-electron chi connectivity index (χ2n) is 7.20. The molecular formula is C16H33NO2. The number of methoxy groups -OCH3 is 1. The van der Waals surface area contributed by atoms with E-state index in [0.29, 0.717) is 0 Å². The van der Waals surface area contributed by atoms with Gasteiger partial charge in [-0.1, -0.05) is 6.92 Å². The summed E-state index contributed by atoms with van der Waals surface area (Å²) in [5.74, 6) is 0.802. The fourth-order valence-corrected chi connectivity index (χ4v) is 3.20. The Hall–Kier alpha value is -0.120. The number of ether oxygens (including phenoxy) is 1. The van der Waals surface area contributed by atoms with E-state index in [1.807, 2.05) is 0 Å². The Kier molecular flexibility index (Phi) is 5.84. The average molecular weight is 271 g/mol. The van der Waals surface area contributed by atoms with Crippen molar-refractivity contribution in [1.29, 1.82) is 0 Å². The zero-order chi connectivity index (χ0) is 14.7. The molecule has 0 aliphatic heterocycles. The van der Waals surface area contributed by atoms with Crippen molar-refractivity contribution < 1.29 is 9.84 Å². The van der Waals surface area contributed by atoms with Gasteiger partial charge in [-0.25, -0.2) is 0 Å². The fourth-order valence-electron chi connectivity index (χ4n) is 3.20. The highest BCUT2D eigenvalue weighted by atomic mass is 16.5. The van der Waals surface area contributed by atoms with Crippen molar-refractivity contribution in [2.75, 3.05) is 21.2 Å². The maximum absolute atomic E-state index is 10.7. The molecule has 0 saturated heterocycles. The van der Waals surface area contributed by atoms with Crippen molar-refractivity contribution in [2.45, 2.75) is 76.5 Å². The highest BCUT2D eigenvalue weighted by molar-refractivity contribution is 4.98. The first-order valence-electron chi connectivity index (χ1n) is 7.64. The Labute approximate surface area is 119 Å². The minimum atomic E-state index is -0.260. The van der Waals surface area contributed by atoms with Crippen molar-refractivity contribution in [2.24, 2.45) is 5.92 Å². The molecule has 1 atom stereocenters. The quantitative estimate of drug-likeness (QED) is 0.806. The van der Waals surface area contributed by atoms with Crippen LogP contribution in [-0.2, 0) is 4.74 Å². The van der Waals surface area contributed by atoms with Gasteiger partial charge in [0.2, 0.25) is 0 Å². The van der Waals surface area contributed by atoms with Crippen molar-refractivity contribution in [3.8, 4) is 0 Å². The standard InChI is InChI=1S/C16H33NO2/c1-13-7-11-16(12-8-13,17(4)5)14(18)9-10-15(2,3)19-6/h13-14,18H,7-12H2,1-6H3. The fraction of sp³-hybridized carbons (Fsp3) is 1.00. The summed E-state index contributed by atoms with van der Waals surface area (Å²) in [5.41, 5.74) is -0.174. The molecule has 0 aromatic carbocycles. The highest BCUT2D eigenvalue weighted by Gasteiger charge is 2.42. The third-order valence-corrected chi connectivity index (χ3v) is 5.22. The molecular weight excluding hydrogens is 238 g/mol. The molecule has 1 fully saturated rings. The summed E-state index contributed by atoms with van der Waals surface area (Å²) in [6, 6.07) is 0. The van der Waals surface area contributed by atoms with Crippen molar-refractivity contribution in [3.63, 3.8) is 0 Å². The zero-order valence-corrected chi connectivity index (χ0v) is 13.7. The van der Waals surface area contributed by atoms with Crippen LogP contribution in [0.2, 0.25) is 0 Å². The SMILES string of the molecule is COC(C)(C)CCC(O)C1(N(C)C)CCC(C)CC1. The maximum Gasteiger partial charge on any atom is 0.0724 e. The van der Waals surface area contributed by atoms with Gasteiger partial charge in [0.15, 0.2) is 0 Å². The number of hydrogen-bond acceptors (Lipinski definition) is 3. The molecule has 1 rings (SSSR count). The molecule has 19 heavy (non-hydrogen) atoms. The second kappa shape index (κ2) is 6.55. The van der Waals surface area contributed by atoms with Gasteiger partial charge in [0.05, 0.1) is 11.7 Å². The first-order valence-corrected chi connectivity index (χ1v) is 7.64. The van der Waals surface area contributed by atoms with E-state index in [2.05, 4.69) is 39.8 Å². The van der Waals surface area contributed by atoms with Crippen LogP contribution in [0.5, 0.6) is 0 Å². The van der Waals surface area contributed by atoms with Gasteiger partial charge in [-0.3, -0.25) is 0 Å². The maximum atomic E-state index is 10.7. The Morgan fingerprint density at radius 3 is 2.26 bits per heavy atom. The van der Waals surface area contributed by atoms with Crippen LogP contribution >= 0.6 is 0 Å². The third kappa shape index (κ3) is 4.17. The lowest BCUT2D eigenvalue weighted by Crippen LogP contribution is -2.55. The van der Waals surface area contributed by atoms with Crippen molar-refractivity contribution in [3.05, 3.63) is 0 Å². The van der Waals surface area contributed by atoms with E-state index >= 15 is 0 Å². The highest BCUT2D eigenvalue weighted by Crippen LogP contribution is 2.39. The number of rotatable bonds is 6. The molecule has 0 radical (unpaired) electrons. The van der Waals surface area contributed by atoms with Gasteiger partial charge in [0.1, 0.15) is 0 Å². The lowest BCUT2D eigenvalue weighted by molar-refractivity contribution is -0.0591. The van der Waals surface area contributed by atoms with Crippen LogP contribution < -0.4 is 0 Å². The summed E-state index contributed by atoms with van der Waals surface area (Å²) < 4.78 is 5.46. The van der Waals surface area contributed by atoms with Crippen LogP contribution in [0.25, 0.3) is 0 Å². The molecule has 0 bridgehead atoms. The summed E-state index contributed by atoms with van der Waals surface area (Å²) in [6.07, 6.45) is 6.12. The number of hydrogen-bond donors (Lipinski definition) is 1. The van der Waals surface area contributed by atoms with Crippen LogP contribution in [0.3, 0.4) is 0 Å². The van der Waals surface area contributed by atoms with Gasteiger partial charge in [-0.15, -0.1) is 0 Å². The van der Waals surface area contributed by atoms with Crippen molar-refractivity contribution >= 4 is 0 Å². The lowest BCUT2D eigenvalue weighted by atomic mass is 9.71. The summed E-state index contributed by atoms with van der Waals surface area (Å²) in [5, 5.41) is 10.7. The molecule has 0 aromatic heterocycles. The molecule has 3 nitrogen and oxygen atoms in total. The minimum absolute atomic E-state index is 0.0314. The van der Waals surface area contributed by atoms with E-state index in [9.17, 15) is 5.11 Å². The lowest BCUT2D eigenvalue weighted by Gasteiger charge is -2.48. The van der Waals surface area contributed by atoms with E-state index in [0.717, 1.165) is 31.6 Å². The monoisotopic (exact) mass is 271 g/mol. The van der Waals surface area contributed by atoms with Gasteiger partial charge in [0, 0.05) is 12.6 Å². The van der Waals surface area contributed by atoms with Gasteiger partial charge < -0.3 is 14.7 Å². The molecule has 1 N–H and O–H groups in total. The normalized spacial score (nSPS) is 30.6. The Morgan fingerprint density at radius 1 is 1.32 bits per heavy atom. The van der Waals surface area contributed by atoms with Gasteiger partial charge in [-0.2, -0.15) is 0 Å². The first-order chi connectivity index (χ1) is 8.73. The van der Waals surface area contributed by atoms with E-state index in [-0.39, 0.29) is 17.2 Å². The van der Waals surface area contributed by atoms with E-state index in [1.165, 1.54) is 12.8 Å². The summed E-state index contributed by atoms with van der Waals surface area (Å²) >= 11 is 0. The predicted molar refractivity (Wildman–Crippen MR) is 80.4 cm³/mol. The number of aliphatic hydroxyl groups excluding tert-OH is 1. The molecule has 0 heterocycles. The molecule has 1 saturated carbocycles. The Morgan fingerprint density at radius 2 is 1.84 bits per heavy atom. The van der Waals surface area contributed by atoms with E-state index < -0.39 is 0 Å². The van der Waals surface area contributed by atoms with Gasteiger partial charge >= 0.3 is 0 Å².